The smallest absolute Gasteiger partial charge is 0.272 e. The molecule has 0 aliphatic heterocycles. The summed E-state index contributed by atoms with van der Waals surface area (Å²) in [6, 6.07) is 8.98. The number of nitrogens with one attached hydrogen (secondary N) is 1. The van der Waals surface area contributed by atoms with Crippen LogP contribution in [0.25, 0.3) is 5.65 Å². The van der Waals surface area contributed by atoms with Crippen molar-refractivity contribution in [2.75, 3.05) is 0 Å². The molecular formula is C15H12ClFN4O. The predicted molar refractivity (Wildman–Crippen MR) is 80.3 cm³/mol. The molecule has 1 atom stereocenters. The standard InChI is InChI=1S/C15H12ClFN4O/c1-9(10-2-4-11(17)5-3-10)18-15(22)12-8-21-14(19-12)7-6-13(16)20-21/h2-9H,1H3,(H,18,22)/t9-/m0/s1. The minimum Gasteiger partial charge on any atom is -0.344 e. The molecule has 112 valence electrons. The van der Waals surface area contributed by atoms with Gasteiger partial charge in [0.25, 0.3) is 5.91 Å². The number of nitrogens with zero attached hydrogens (tertiary/aromatic N) is 3. The summed E-state index contributed by atoms with van der Waals surface area (Å²) in [5.41, 5.74) is 1.58. The molecule has 0 fully saturated rings. The minimum atomic E-state index is -0.335. The maximum Gasteiger partial charge on any atom is 0.272 e. The second kappa shape index (κ2) is 5.73. The quantitative estimate of drug-likeness (QED) is 0.807. The van der Waals surface area contributed by atoms with Crippen molar-refractivity contribution >= 4 is 23.2 Å². The van der Waals surface area contributed by atoms with Gasteiger partial charge < -0.3 is 5.32 Å². The van der Waals surface area contributed by atoms with Gasteiger partial charge in [-0.25, -0.2) is 13.9 Å². The Hall–Kier alpha value is -2.47. The Morgan fingerprint density at radius 3 is 2.73 bits per heavy atom. The zero-order valence-corrected chi connectivity index (χ0v) is 12.4. The van der Waals surface area contributed by atoms with E-state index in [1.165, 1.54) is 22.8 Å². The fourth-order valence-corrected chi connectivity index (χ4v) is 2.22. The fraction of sp³-hybridized carbons (Fsp3) is 0.133. The monoisotopic (exact) mass is 318 g/mol. The summed E-state index contributed by atoms with van der Waals surface area (Å²) in [6.07, 6.45) is 1.51. The number of imidazole rings is 1. The molecule has 0 saturated carbocycles. The number of halogens is 2. The van der Waals surface area contributed by atoms with E-state index in [0.29, 0.717) is 10.8 Å². The lowest BCUT2D eigenvalue weighted by atomic mass is 10.1. The van der Waals surface area contributed by atoms with Crippen LogP contribution in [0.5, 0.6) is 0 Å². The highest BCUT2D eigenvalue weighted by atomic mass is 35.5. The molecule has 0 bridgehead atoms. The van der Waals surface area contributed by atoms with Gasteiger partial charge in [0.2, 0.25) is 0 Å². The van der Waals surface area contributed by atoms with Crippen molar-refractivity contribution in [3.63, 3.8) is 0 Å². The molecule has 1 amide bonds. The van der Waals surface area contributed by atoms with Crippen molar-refractivity contribution in [1.29, 1.82) is 0 Å². The molecular weight excluding hydrogens is 307 g/mol. The summed E-state index contributed by atoms with van der Waals surface area (Å²) in [4.78, 5) is 16.4. The average molecular weight is 319 g/mol. The molecule has 5 nitrogen and oxygen atoms in total. The largest absolute Gasteiger partial charge is 0.344 e. The number of carbonyl (C=O) groups excluding carboxylic acids is 1. The molecule has 3 aromatic rings. The highest BCUT2D eigenvalue weighted by molar-refractivity contribution is 6.29. The van der Waals surface area contributed by atoms with Crippen LogP contribution in [-0.4, -0.2) is 20.5 Å². The molecule has 1 aromatic carbocycles. The Labute approximate surface area is 130 Å². The summed E-state index contributed by atoms with van der Waals surface area (Å²) in [5.74, 6) is -0.649. The number of carbonyl (C=O) groups is 1. The highest BCUT2D eigenvalue weighted by Crippen LogP contribution is 2.14. The van der Waals surface area contributed by atoms with Gasteiger partial charge in [-0.3, -0.25) is 4.79 Å². The second-order valence-corrected chi connectivity index (χ2v) is 5.22. The van der Waals surface area contributed by atoms with Crippen LogP contribution in [0.2, 0.25) is 5.15 Å². The van der Waals surface area contributed by atoms with Gasteiger partial charge in [-0.15, -0.1) is 0 Å². The molecule has 1 N–H and O–H groups in total. The predicted octanol–water partition coefficient (Wildman–Crippen LogP) is 3.01. The third-order valence-corrected chi connectivity index (χ3v) is 3.44. The average Bonchev–Trinajstić information content (AvgIpc) is 2.91. The van der Waals surface area contributed by atoms with Gasteiger partial charge in [0, 0.05) is 0 Å². The Morgan fingerprint density at radius 2 is 2.00 bits per heavy atom. The first-order chi connectivity index (χ1) is 10.5. The molecule has 0 saturated heterocycles. The van der Waals surface area contributed by atoms with Crippen molar-refractivity contribution in [3.05, 3.63) is 64.8 Å². The molecule has 0 aliphatic rings. The zero-order valence-electron chi connectivity index (χ0n) is 11.6. The number of amides is 1. The highest BCUT2D eigenvalue weighted by Gasteiger charge is 2.15. The number of rotatable bonds is 3. The van der Waals surface area contributed by atoms with E-state index >= 15 is 0 Å². The number of hydrogen-bond donors (Lipinski definition) is 1. The molecule has 0 aliphatic carbocycles. The fourth-order valence-electron chi connectivity index (χ4n) is 2.07. The van der Waals surface area contributed by atoms with Crippen LogP contribution in [0.3, 0.4) is 0 Å². The first kappa shape index (κ1) is 14.5. The van der Waals surface area contributed by atoms with Crippen molar-refractivity contribution in [3.8, 4) is 0 Å². The van der Waals surface area contributed by atoms with E-state index in [-0.39, 0.29) is 23.5 Å². The van der Waals surface area contributed by atoms with Crippen LogP contribution in [0.15, 0.2) is 42.6 Å². The van der Waals surface area contributed by atoms with Gasteiger partial charge in [0.15, 0.2) is 5.65 Å². The van der Waals surface area contributed by atoms with Gasteiger partial charge in [-0.1, -0.05) is 23.7 Å². The summed E-state index contributed by atoms with van der Waals surface area (Å²) >= 11 is 5.79. The maximum absolute atomic E-state index is 12.9. The molecule has 0 radical (unpaired) electrons. The van der Waals surface area contributed by atoms with Gasteiger partial charge in [0.05, 0.1) is 12.2 Å². The Balaban J connectivity index is 1.79. The second-order valence-electron chi connectivity index (χ2n) is 4.83. The Morgan fingerprint density at radius 1 is 1.27 bits per heavy atom. The molecule has 7 heteroatoms. The van der Waals surface area contributed by atoms with Crippen LogP contribution in [-0.2, 0) is 0 Å². The number of hydrogen-bond acceptors (Lipinski definition) is 3. The Bertz CT molecular complexity index is 831. The van der Waals surface area contributed by atoms with Gasteiger partial charge in [-0.2, -0.15) is 5.10 Å². The van der Waals surface area contributed by atoms with E-state index in [4.69, 9.17) is 11.6 Å². The van der Waals surface area contributed by atoms with E-state index in [1.54, 1.807) is 24.3 Å². The molecule has 2 aromatic heterocycles. The van der Waals surface area contributed by atoms with Gasteiger partial charge in [0.1, 0.15) is 16.7 Å². The third-order valence-electron chi connectivity index (χ3n) is 3.24. The van der Waals surface area contributed by atoms with Crippen molar-refractivity contribution in [2.45, 2.75) is 13.0 Å². The normalized spacial score (nSPS) is 12.3. The van der Waals surface area contributed by atoms with Crippen LogP contribution in [0, 0.1) is 5.82 Å². The summed E-state index contributed by atoms with van der Waals surface area (Å²) < 4.78 is 14.4. The summed E-state index contributed by atoms with van der Waals surface area (Å²) in [5, 5.41) is 7.15. The van der Waals surface area contributed by atoms with Crippen molar-refractivity contribution in [2.24, 2.45) is 0 Å². The van der Waals surface area contributed by atoms with E-state index in [2.05, 4.69) is 15.4 Å². The van der Waals surface area contributed by atoms with Gasteiger partial charge >= 0.3 is 0 Å². The maximum atomic E-state index is 12.9. The zero-order chi connectivity index (χ0) is 15.7. The molecule has 2 heterocycles. The van der Waals surface area contributed by atoms with Gasteiger partial charge in [-0.05, 0) is 36.8 Å². The van der Waals surface area contributed by atoms with Crippen LogP contribution in [0.1, 0.15) is 29.0 Å². The molecule has 0 spiro atoms. The lowest BCUT2D eigenvalue weighted by Crippen LogP contribution is -2.26. The summed E-state index contributed by atoms with van der Waals surface area (Å²) in [7, 11) is 0. The van der Waals surface area contributed by atoms with E-state index in [9.17, 15) is 9.18 Å². The van der Waals surface area contributed by atoms with Crippen LogP contribution in [0.4, 0.5) is 4.39 Å². The first-order valence-corrected chi connectivity index (χ1v) is 6.99. The SMILES string of the molecule is C[C@H](NC(=O)c1cn2nc(Cl)ccc2n1)c1ccc(F)cc1. The Kier molecular flexibility index (Phi) is 3.77. The third kappa shape index (κ3) is 2.92. The first-order valence-electron chi connectivity index (χ1n) is 6.61. The lowest BCUT2D eigenvalue weighted by molar-refractivity contribution is 0.0935. The lowest BCUT2D eigenvalue weighted by Gasteiger charge is -2.13. The van der Waals surface area contributed by atoms with E-state index in [1.807, 2.05) is 6.92 Å². The van der Waals surface area contributed by atoms with E-state index in [0.717, 1.165) is 5.56 Å². The van der Waals surface area contributed by atoms with Crippen molar-refractivity contribution in [1.82, 2.24) is 19.9 Å². The summed E-state index contributed by atoms with van der Waals surface area (Å²) in [6.45, 7) is 1.82. The molecule has 3 rings (SSSR count). The minimum absolute atomic E-state index is 0.240. The molecule has 0 unspecified atom stereocenters. The van der Waals surface area contributed by atoms with Crippen LogP contribution < -0.4 is 5.32 Å². The number of benzene rings is 1. The van der Waals surface area contributed by atoms with Crippen molar-refractivity contribution < 1.29 is 9.18 Å². The number of fused-ring (bicyclic) bond motifs is 1. The number of aromatic nitrogens is 3. The molecule has 22 heavy (non-hydrogen) atoms. The topological polar surface area (TPSA) is 59.3 Å². The van der Waals surface area contributed by atoms with Crippen LogP contribution >= 0.6 is 11.6 Å². The van der Waals surface area contributed by atoms with E-state index < -0.39 is 0 Å².